The summed E-state index contributed by atoms with van der Waals surface area (Å²) in [6.45, 7) is 6.72. The van der Waals surface area contributed by atoms with Gasteiger partial charge in [-0.3, -0.25) is 20.4 Å². The first-order valence-electron chi connectivity index (χ1n) is 9.54. The third-order valence-electron chi connectivity index (χ3n) is 4.09. The third kappa shape index (κ3) is 6.95. The Labute approximate surface area is 166 Å². The van der Waals surface area contributed by atoms with E-state index in [2.05, 4.69) is 31.6 Å². The summed E-state index contributed by atoms with van der Waals surface area (Å²) in [5.74, 6) is 0.790. The number of carbonyl (C=O) groups is 2. The van der Waals surface area contributed by atoms with Gasteiger partial charge in [0.1, 0.15) is 11.5 Å². The van der Waals surface area contributed by atoms with E-state index in [1.165, 1.54) is 5.56 Å². The van der Waals surface area contributed by atoms with Gasteiger partial charge in [-0.25, -0.2) is 0 Å². The van der Waals surface area contributed by atoms with E-state index in [1.807, 2.05) is 24.3 Å². The molecular weight excluding hydrogens is 356 g/mol. The van der Waals surface area contributed by atoms with Crippen LogP contribution in [0, 0.1) is 0 Å². The molecule has 28 heavy (non-hydrogen) atoms. The molecule has 0 saturated carbocycles. The summed E-state index contributed by atoms with van der Waals surface area (Å²) in [7, 11) is 0. The van der Waals surface area contributed by atoms with Gasteiger partial charge in [0.15, 0.2) is 6.61 Å². The summed E-state index contributed by atoms with van der Waals surface area (Å²) in [4.78, 5) is 24.1. The van der Waals surface area contributed by atoms with Gasteiger partial charge >= 0.3 is 0 Å². The Morgan fingerprint density at radius 2 is 1.71 bits per heavy atom. The standard InChI is InChI=1S/C22H28N2O4/c1-4-5-13-27-20-8-6-7-18(14-20)22(26)24-23-21(25)15-28-19-11-9-17(10-12-19)16(2)3/h6-12,14,16H,4-5,13,15H2,1-3H3,(H,23,25)(H,24,26). The fraction of sp³-hybridized carbons (Fsp3) is 0.364. The first kappa shape index (κ1) is 21.3. The lowest BCUT2D eigenvalue weighted by Crippen LogP contribution is -2.43. The van der Waals surface area contributed by atoms with Crippen molar-refractivity contribution >= 4 is 11.8 Å². The van der Waals surface area contributed by atoms with E-state index in [1.54, 1.807) is 24.3 Å². The number of amides is 2. The maximum Gasteiger partial charge on any atom is 0.276 e. The molecule has 6 nitrogen and oxygen atoms in total. The molecule has 2 rings (SSSR count). The monoisotopic (exact) mass is 384 g/mol. The number of carbonyl (C=O) groups excluding carboxylic acids is 2. The van der Waals surface area contributed by atoms with E-state index in [0.717, 1.165) is 12.8 Å². The van der Waals surface area contributed by atoms with E-state index in [0.29, 0.717) is 29.6 Å². The lowest BCUT2D eigenvalue weighted by Gasteiger charge is -2.11. The van der Waals surface area contributed by atoms with E-state index < -0.39 is 11.8 Å². The van der Waals surface area contributed by atoms with Crippen LogP contribution in [-0.2, 0) is 4.79 Å². The highest BCUT2D eigenvalue weighted by Crippen LogP contribution is 2.18. The van der Waals surface area contributed by atoms with Crippen LogP contribution in [0.1, 0.15) is 55.5 Å². The molecule has 0 fully saturated rings. The van der Waals surface area contributed by atoms with Gasteiger partial charge in [0.2, 0.25) is 0 Å². The summed E-state index contributed by atoms with van der Waals surface area (Å²) in [5.41, 5.74) is 6.33. The van der Waals surface area contributed by atoms with Crippen molar-refractivity contribution < 1.29 is 19.1 Å². The predicted octanol–water partition coefficient (Wildman–Crippen LogP) is 3.83. The largest absolute Gasteiger partial charge is 0.494 e. The van der Waals surface area contributed by atoms with Crippen LogP contribution in [0.25, 0.3) is 0 Å². The lowest BCUT2D eigenvalue weighted by atomic mass is 10.0. The number of hydrazine groups is 1. The molecule has 2 N–H and O–H groups in total. The number of nitrogens with one attached hydrogen (secondary N) is 2. The van der Waals surface area contributed by atoms with Crippen molar-refractivity contribution in [2.75, 3.05) is 13.2 Å². The third-order valence-corrected chi connectivity index (χ3v) is 4.09. The maximum atomic E-state index is 12.2. The van der Waals surface area contributed by atoms with Crippen LogP contribution < -0.4 is 20.3 Å². The number of hydrogen-bond donors (Lipinski definition) is 2. The van der Waals surface area contributed by atoms with Crippen molar-refractivity contribution in [3.63, 3.8) is 0 Å². The van der Waals surface area contributed by atoms with E-state index >= 15 is 0 Å². The van der Waals surface area contributed by atoms with Gasteiger partial charge in [-0.15, -0.1) is 0 Å². The molecule has 0 aliphatic heterocycles. The molecule has 0 bridgehead atoms. The van der Waals surface area contributed by atoms with Crippen LogP contribution in [-0.4, -0.2) is 25.0 Å². The minimum atomic E-state index is -0.448. The fourth-order valence-electron chi connectivity index (χ4n) is 2.39. The van der Waals surface area contributed by atoms with Gasteiger partial charge in [0.05, 0.1) is 6.61 Å². The van der Waals surface area contributed by atoms with Crippen LogP contribution in [0.4, 0.5) is 0 Å². The topological polar surface area (TPSA) is 76.7 Å². The molecule has 150 valence electrons. The van der Waals surface area contributed by atoms with Crippen LogP contribution in [0.5, 0.6) is 11.5 Å². The Bertz CT molecular complexity index is 772. The van der Waals surface area contributed by atoms with Crippen LogP contribution in [0.15, 0.2) is 48.5 Å². The van der Waals surface area contributed by atoms with Gasteiger partial charge in [-0.05, 0) is 48.2 Å². The van der Waals surface area contributed by atoms with Crippen LogP contribution in [0.3, 0.4) is 0 Å². The van der Waals surface area contributed by atoms with Crippen molar-refractivity contribution in [2.45, 2.75) is 39.5 Å². The smallest absolute Gasteiger partial charge is 0.276 e. The highest BCUT2D eigenvalue weighted by Gasteiger charge is 2.09. The van der Waals surface area contributed by atoms with Crippen molar-refractivity contribution in [1.82, 2.24) is 10.9 Å². The first-order valence-corrected chi connectivity index (χ1v) is 9.54. The molecule has 0 heterocycles. The fourth-order valence-corrected chi connectivity index (χ4v) is 2.39. The second-order valence-electron chi connectivity index (χ2n) is 6.74. The van der Waals surface area contributed by atoms with Gasteiger partial charge in [-0.2, -0.15) is 0 Å². The number of unbranched alkanes of at least 4 members (excludes halogenated alkanes) is 1. The highest BCUT2D eigenvalue weighted by atomic mass is 16.5. The van der Waals surface area contributed by atoms with Gasteiger partial charge in [-0.1, -0.05) is 45.4 Å². The van der Waals surface area contributed by atoms with Crippen molar-refractivity contribution in [2.24, 2.45) is 0 Å². The number of ether oxygens (including phenoxy) is 2. The molecule has 0 atom stereocenters. The molecule has 0 unspecified atom stereocenters. The summed E-state index contributed by atoms with van der Waals surface area (Å²) in [6, 6.07) is 14.4. The molecule has 0 aliphatic rings. The Morgan fingerprint density at radius 1 is 0.964 bits per heavy atom. The highest BCUT2D eigenvalue weighted by molar-refractivity contribution is 5.95. The number of rotatable bonds is 9. The molecule has 0 spiro atoms. The first-order chi connectivity index (χ1) is 13.5. The molecule has 6 heteroatoms. The van der Waals surface area contributed by atoms with E-state index in [-0.39, 0.29) is 6.61 Å². The number of benzene rings is 2. The summed E-state index contributed by atoms with van der Waals surface area (Å²) < 4.78 is 11.0. The summed E-state index contributed by atoms with van der Waals surface area (Å²) in [6.07, 6.45) is 1.99. The van der Waals surface area contributed by atoms with E-state index in [9.17, 15) is 9.59 Å². The average Bonchev–Trinajstić information content (AvgIpc) is 2.71. The van der Waals surface area contributed by atoms with Crippen molar-refractivity contribution in [1.29, 1.82) is 0 Å². The Morgan fingerprint density at radius 3 is 2.39 bits per heavy atom. The Hall–Kier alpha value is -3.02. The van der Waals surface area contributed by atoms with Gasteiger partial charge < -0.3 is 9.47 Å². The summed E-state index contributed by atoms with van der Waals surface area (Å²) >= 11 is 0. The van der Waals surface area contributed by atoms with Crippen molar-refractivity contribution in [3.05, 3.63) is 59.7 Å². The quantitative estimate of drug-likeness (QED) is 0.509. The SMILES string of the molecule is CCCCOc1cccc(C(=O)NNC(=O)COc2ccc(C(C)C)cc2)c1. The Kier molecular flexibility index (Phi) is 8.34. The van der Waals surface area contributed by atoms with Gasteiger partial charge in [0.25, 0.3) is 11.8 Å². The molecule has 0 saturated heterocycles. The lowest BCUT2D eigenvalue weighted by molar-refractivity contribution is -0.123. The zero-order chi connectivity index (χ0) is 20.4. The minimum Gasteiger partial charge on any atom is -0.494 e. The average molecular weight is 384 g/mol. The molecule has 0 aliphatic carbocycles. The zero-order valence-corrected chi connectivity index (χ0v) is 16.7. The molecule has 2 aromatic carbocycles. The maximum absolute atomic E-state index is 12.2. The second-order valence-corrected chi connectivity index (χ2v) is 6.74. The minimum absolute atomic E-state index is 0.193. The number of hydrogen-bond acceptors (Lipinski definition) is 4. The predicted molar refractivity (Wildman–Crippen MR) is 108 cm³/mol. The zero-order valence-electron chi connectivity index (χ0n) is 16.7. The molecular formula is C22H28N2O4. The molecule has 2 aromatic rings. The molecule has 2 amide bonds. The van der Waals surface area contributed by atoms with Gasteiger partial charge in [0, 0.05) is 5.56 Å². The second kappa shape index (κ2) is 11.0. The van der Waals surface area contributed by atoms with Crippen LogP contribution in [0.2, 0.25) is 0 Å². The van der Waals surface area contributed by atoms with E-state index in [4.69, 9.17) is 9.47 Å². The molecule has 0 radical (unpaired) electrons. The Balaban J connectivity index is 1.77. The normalized spacial score (nSPS) is 10.4. The van der Waals surface area contributed by atoms with Crippen LogP contribution >= 0.6 is 0 Å². The summed E-state index contributed by atoms with van der Waals surface area (Å²) in [5, 5.41) is 0. The molecule has 0 aromatic heterocycles. The van der Waals surface area contributed by atoms with Crippen molar-refractivity contribution in [3.8, 4) is 11.5 Å².